The minimum Gasteiger partial charge on any atom is -0.302 e. The number of rotatable bonds is 3. The lowest BCUT2D eigenvalue weighted by molar-refractivity contribution is -0.108. The first-order chi connectivity index (χ1) is 8.20. The Morgan fingerprint density at radius 1 is 0.882 bits per heavy atom. The largest absolute Gasteiger partial charge is 0.302 e. The molecule has 0 aromatic heterocycles. The second-order valence-corrected chi connectivity index (χ2v) is 4.60. The number of benzene rings is 2. The van der Waals surface area contributed by atoms with E-state index in [9.17, 15) is 4.79 Å². The maximum Gasteiger partial charge on any atom is 0.131 e. The summed E-state index contributed by atoms with van der Waals surface area (Å²) in [5, 5.41) is 1.24. The maximum atomic E-state index is 11.2. The Hall–Kier alpha value is -1.31. The highest BCUT2D eigenvalue weighted by Crippen LogP contribution is 2.26. The fraction of sp³-hybridized carbons (Fsp3) is 0.0714. The van der Waals surface area contributed by atoms with Gasteiger partial charge in [-0.05, 0) is 35.4 Å². The van der Waals surface area contributed by atoms with Crippen LogP contribution >= 0.6 is 23.2 Å². The molecule has 86 valence electrons. The van der Waals surface area contributed by atoms with Crippen LogP contribution in [0.1, 0.15) is 17.0 Å². The Kier molecular flexibility index (Phi) is 3.82. The SMILES string of the molecule is O=CC(c1cccc(Cl)c1)c1cccc(Cl)c1. The van der Waals surface area contributed by atoms with Gasteiger partial charge in [0.15, 0.2) is 0 Å². The van der Waals surface area contributed by atoms with E-state index in [1.807, 2.05) is 24.3 Å². The molecule has 2 rings (SSSR count). The molecular formula is C14H10Cl2O. The summed E-state index contributed by atoms with van der Waals surface area (Å²) < 4.78 is 0. The molecule has 0 aliphatic rings. The normalized spacial score (nSPS) is 10.5. The molecule has 0 aliphatic carbocycles. The maximum absolute atomic E-state index is 11.2. The molecule has 0 amide bonds. The van der Waals surface area contributed by atoms with Crippen molar-refractivity contribution in [2.45, 2.75) is 5.92 Å². The van der Waals surface area contributed by atoms with Crippen molar-refractivity contribution in [3.8, 4) is 0 Å². The molecular weight excluding hydrogens is 255 g/mol. The first kappa shape index (κ1) is 12.2. The minimum atomic E-state index is -0.326. The van der Waals surface area contributed by atoms with Gasteiger partial charge >= 0.3 is 0 Å². The topological polar surface area (TPSA) is 17.1 Å². The second-order valence-electron chi connectivity index (χ2n) is 3.72. The summed E-state index contributed by atoms with van der Waals surface area (Å²) in [4.78, 5) is 11.2. The Labute approximate surface area is 110 Å². The van der Waals surface area contributed by atoms with Gasteiger partial charge in [-0.3, -0.25) is 0 Å². The average Bonchev–Trinajstić information content (AvgIpc) is 2.30. The van der Waals surface area contributed by atoms with Crippen LogP contribution in [0.15, 0.2) is 48.5 Å². The molecule has 0 bridgehead atoms. The summed E-state index contributed by atoms with van der Waals surface area (Å²) >= 11 is 11.8. The molecule has 0 radical (unpaired) electrons. The number of hydrogen-bond donors (Lipinski definition) is 0. The predicted molar refractivity (Wildman–Crippen MR) is 70.8 cm³/mol. The van der Waals surface area contributed by atoms with Gasteiger partial charge in [0, 0.05) is 10.0 Å². The molecule has 0 fully saturated rings. The van der Waals surface area contributed by atoms with Crippen molar-refractivity contribution >= 4 is 29.5 Å². The van der Waals surface area contributed by atoms with E-state index in [0.717, 1.165) is 17.4 Å². The van der Waals surface area contributed by atoms with E-state index < -0.39 is 0 Å². The van der Waals surface area contributed by atoms with Crippen molar-refractivity contribution in [3.63, 3.8) is 0 Å². The molecule has 0 heterocycles. The van der Waals surface area contributed by atoms with Crippen LogP contribution < -0.4 is 0 Å². The van der Waals surface area contributed by atoms with Crippen molar-refractivity contribution in [2.75, 3.05) is 0 Å². The first-order valence-electron chi connectivity index (χ1n) is 5.17. The monoisotopic (exact) mass is 264 g/mol. The molecule has 0 saturated heterocycles. The van der Waals surface area contributed by atoms with Crippen LogP contribution in [0.2, 0.25) is 10.0 Å². The molecule has 1 nitrogen and oxygen atoms in total. The van der Waals surface area contributed by atoms with Crippen LogP contribution in [0.3, 0.4) is 0 Å². The highest BCUT2D eigenvalue weighted by Gasteiger charge is 2.13. The van der Waals surface area contributed by atoms with Crippen molar-refractivity contribution in [3.05, 3.63) is 69.7 Å². The highest BCUT2D eigenvalue weighted by molar-refractivity contribution is 6.31. The average molecular weight is 265 g/mol. The van der Waals surface area contributed by atoms with Crippen LogP contribution in [0, 0.1) is 0 Å². The van der Waals surface area contributed by atoms with Gasteiger partial charge in [0.05, 0.1) is 5.92 Å². The van der Waals surface area contributed by atoms with Crippen molar-refractivity contribution in [2.24, 2.45) is 0 Å². The molecule has 0 spiro atoms. The van der Waals surface area contributed by atoms with E-state index in [1.165, 1.54) is 0 Å². The van der Waals surface area contributed by atoms with E-state index in [1.54, 1.807) is 24.3 Å². The Balaban J connectivity index is 2.43. The molecule has 0 aliphatic heterocycles. The van der Waals surface area contributed by atoms with Gasteiger partial charge in [-0.1, -0.05) is 47.5 Å². The van der Waals surface area contributed by atoms with E-state index >= 15 is 0 Å². The summed E-state index contributed by atoms with van der Waals surface area (Å²) in [6, 6.07) is 14.6. The molecule has 0 N–H and O–H groups in total. The third-order valence-electron chi connectivity index (χ3n) is 2.55. The fourth-order valence-corrected chi connectivity index (χ4v) is 2.15. The zero-order valence-electron chi connectivity index (χ0n) is 8.94. The predicted octanol–water partition coefficient (Wildman–Crippen LogP) is 4.32. The molecule has 0 saturated carbocycles. The van der Waals surface area contributed by atoms with Crippen LogP contribution in [0.5, 0.6) is 0 Å². The lowest BCUT2D eigenvalue weighted by Crippen LogP contribution is -2.02. The summed E-state index contributed by atoms with van der Waals surface area (Å²) in [7, 11) is 0. The quantitative estimate of drug-likeness (QED) is 0.755. The van der Waals surface area contributed by atoms with Gasteiger partial charge in [0.2, 0.25) is 0 Å². The molecule has 3 heteroatoms. The first-order valence-corrected chi connectivity index (χ1v) is 5.92. The number of carbonyl (C=O) groups is 1. The van der Waals surface area contributed by atoms with E-state index in [-0.39, 0.29) is 5.92 Å². The van der Waals surface area contributed by atoms with Crippen molar-refractivity contribution < 1.29 is 4.79 Å². The molecule has 0 unspecified atom stereocenters. The lowest BCUT2D eigenvalue weighted by Gasteiger charge is -2.11. The van der Waals surface area contributed by atoms with E-state index in [2.05, 4.69) is 0 Å². The third-order valence-corrected chi connectivity index (χ3v) is 3.02. The lowest BCUT2D eigenvalue weighted by atomic mass is 9.93. The van der Waals surface area contributed by atoms with Gasteiger partial charge < -0.3 is 4.79 Å². The number of carbonyl (C=O) groups excluding carboxylic acids is 1. The van der Waals surface area contributed by atoms with Crippen LogP contribution in [-0.4, -0.2) is 6.29 Å². The van der Waals surface area contributed by atoms with E-state index in [0.29, 0.717) is 10.0 Å². The number of halogens is 2. The number of aldehydes is 1. The number of hydrogen-bond acceptors (Lipinski definition) is 1. The Morgan fingerprint density at radius 2 is 1.35 bits per heavy atom. The fourth-order valence-electron chi connectivity index (χ4n) is 1.75. The molecule has 17 heavy (non-hydrogen) atoms. The molecule has 0 atom stereocenters. The van der Waals surface area contributed by atoms with Crippen molar-refractivity contribution in [1.82, 2.24) is 0 Å². The Bertz CT molecular complexity index is 492. The smallest absolute Gasteiger partial charge is 0.131 e. The third kappa shape index (κ3) is 2.87. The van der Waals surface area contributed by atoms with Gasteiger partial charge in [-0.15, -0.1) is 0 Å². The summed E-state index contributed by atoms with van der Waals surface area (Å²) in [5.41, 5.74) is 1.74. The highest BCUT2D eigenvalue weighted by atomic mass is 35.5. The van der Waals surface area contributed by atoms with Crippen LogP contribution in [0.4, 0.5) is 0 Å². The zero-order valence-corrected chi connectivity index (χ0v) is 10.4. The second kappa shape index (κ2) is 5.35. The van der Waals surface area contributed by atoms with Gasteiger partial charge in [-0.25, -0.2) is 0 Å². The zero-order chi connectivity index (χ0) is 12.3. The van der Waals surface area contributed by atoms with Gasteiger partial charge in [0.1, 0.15) is 6.29 Å². The standard InChI is InChI=1S/C14H10Cl2O/c15-12-5-1-3-10(7-12)14(9-17)11-4-2-6-13(16)8-11/h1-9,14H. The van der Waals surface area contributed by atoms with E-state index in [4.69, 9.17) is 23.2 Å². The minimum absolute atomic E-state index is 0.326. The Morgan fingerprint density at radius 3 is 1.71 bits per heavy atom. The van der Waals surface area contributed by atoms with Crippen LogP contribution in [-0.2, 0) is 4.79 Å². The van der Waals surface area contributed by atoms with Crippen LogP contribution in [0.25, 0.3) is 0 Å². The van der Waals surface area contributed by atoms with Gasteiger partial charge in [-0.2, -0.15) is 0 Å². The van der Waals surface area contributed by atoms with Gasteiger partial charge in [0.25, 0.3) is 0 Å². The molecule has 2 aromatic carbocycles. The van der Waals surface area contributed by atoms with Crippen molar-refractivity contribution in [1.29, 1.82) is 0 Å². The molecule has 2 aromatic rings. The summed E-state index contributed by atoms with van der Waals surface area (Å²) in [5.74, 6) is -0.326. The summed E-state index contributed by atoms with van der Waals surface area (Å²) in [6.45, 7) is 0. The summed E-state index contributed by atoms with van der Waals surface area (Å²) in [6.07, 6.45) is 0.900.